The van der Waals surface area contributed by atoms with Crippen molar-refractivity contribution < 1.29 is 0 Å². The summed E-state index contributed by atoms with van der Waals surface area (Å²) in [7, 11) is 0. The van der Waals surface area contributed by atoms with E-state index in [1.54, 1.807) is 11.1 Å². The number of aromatic nitrogens is 1. The van der Waals surface area contributed by atoms with Crippen LogP contribution in [0.15, 0.2) is 200 Å². The van der Waals surface area contributed by atoms with Crippen LogP contribution in [-0.4, -0.2) is 4.57 Å². The maximum Gasteiger partial charge on any atom is 0.0534 e. The summed E-state index contributed by atoms with van der Waals surface area (Å²) < 4.78 is 2.59. The number of fused-ring (bicyclic) bond motifs is 17. The molecule has 5 unspecified atom stereocenters. The minimum atomic E-state index is -0.313. The fourth-order valence-corrected chi connectivity index (χ4v) is 14.0. The van der Waals surface area contributed by atoms with Gasteiger partial charge < -0.3 is 4.57 Å². The first kappa shape index (κ1) is 37.4. The number of nitrogens with zero attached hydrogens (tertiary/aromatic N) is 1. The molecule has 1 spiro atoms. The van der Waals surface area contributed by atoms with E-state index in [4.69, 9.17) is 0 Å². The molecule has 1 heteroatoms. The molecule has 68 heavy (non-hydrogen) atoms. The van der Waals surface area contributed by atoms with Crippen LogP contribution in [0.5, 0.6) is 0 Å². The molecule has 5 atom stereocenters. The van der Waals surface area contributed by atoms with Gasteiger partial charge in [0.1, 0.15) is 0 Å². The zero-order valence-electron chi connectivity index (χ0n) is 37.8. The highest BCUT2D eigenvalue weighted by molar-refractivity contribution is 6.22. The number of hydrogen-bond acceptors (Lipinski definition) is 0. The second-order valence-corrected chi connectivity index (χ2v) is 20.5. The van der Waals surface area contributed by atoms with E-state index in [1.807, 2.05) is 0 Å². The van der Waals surface area contributed by atoms with Crippen LogP contribution in [0, 0.1) is 17.8 Å². The first-order valence-corrected chi connectivity index (χ1v) is 24.9. The second-order valence-electron chi connectivity index (χ2n) is 20.5. The van der Waals surface area contributed by atoms with Crippen LogP contribution in [0.1, 0.15) is 58.7 Å². The predicted molar refractivity (Wildman–Crippen MR) is 283 cm³/mol. The molecule has 0 radical (unpaired) electrons. The third-order valence-electron chi connectivity index (χ3n) is 17.1. The van der Waals surface area contributed by atoms with Gasteiger partial charge >= 0.3 is 0 Å². The van der Waals surface area contributed by atoms with Crippen LogP contribution in [-0.2, 0) is 11.8 Å². The van der Waals surface area contributed by atoms with Crippen molar-refractivity contribution in [1.82, 2.24) is 4.57 Å². The van der Waals surface area contributed by atoms with E-state index in [0.717, 1.165) is 12.8 Å². The maximum absolute atomic E-state index is 2.60. The predicted octanol–water partition coefficient (Wildman–Crippen LogP) is 14.9. The van der Waals surface area contributed by atoms with Crippen LogP contribution in [0.3, 0.4) is 0 Å². The molecule has 1 nitrogen and oxygen atoms in total. The lowest BCUT2D eigenvalue weighted by atomic mass is 9.61. The van der Waals surface area contributed by atoms with Gasteiger partial charge in [-0.3, -0.25) is 0 Å². The van der Waals surface area contributed by atoms with E-state index >= 15 is 0 Å². The van der Waals surface area contributed by atoms with Gasteiger partial charge in [0.15, 0.2) is 0 Å². The van der Waals surface area contributed by atoms with Gasteiger partial charge in [0, 0.05) is 16.6 Å². The zero-order valence-corrected chi connectivity index (χ0v) is 37.8. The van der Waals surface area contributed by atoms with Crippen molar-refractivity contribution in [3.63, 3.8) is 0 Å². The lowest BCUT2D eigenvalue weighted by molar-refractivity contribution is 0.614. The Hall–Kier alpha value is -7.74. The van der Waals surface area contributed by atoms with Gasteiger partial charge in [-0.2, -0.15) is 0 Å². The van der Waals surface area contributed by atoms with E-state index in [2.05, 4.69) is 217 Å². The van der Waals surface area contributed by atoms with Crippen molar-refractivity contribution in [3.05, 3.63) is 244 Å². The summed E-state index contributed by atoms with van der Waals surface area (Å²) in [5.74, 6) is 2.62. The highest BCUT2D eigenvalue weighted by atomic mass is 15.0. The summed E-state index contributed by atoms with van der Waals surface area (Å²) in [6.07, 6.45) is 23.9. The molecule has 7 aliphatic rings. The van der Waals surface area contributed by atoms with Crippen LogP contribution in [0.25, 0.3) is 95.5 Å². The van der Waals surface area contributed by atoms with Crippen molar-refractivity contribution in [2.75, 3.05) is 0 Å². The highest BCUT2D eigenvalue weighted by Gasteiger charge is 2.55. The Bertz CT molecular complexity index is 3980. The van der Waals surface area contributed by atoms with E-state index in [0.29, 0.717) is 23.7 Å². The largest absolute Gasteiger partial charge is 0.310 e. The minimum absolute atomic E-state index is 0.313. The quantitative estimate of drug-likeness (QED) is 0.155. The van der Waals surface area contributed by atoms with E-state index in [-0.39, 0.29) is 5.41 Å². The molecule has 2 fully saturated rings. The smallest absolute Gasteiger partial charge is 0.0534 e. The maximum atomic E-state index is 2.60. The van der Waals surface area contributed by atoms with Crippen LogP contribution in [0.2, 0.25) is 0 Å². The Kier molecular flexibility index (Phi) is 7.52. The van der Waals surface area contributed by atoms with Gasteiger partial charge in [-0.05, 0) is 191 Å². The fraction of sp³-hybridized carbons (Fsp3) is 0.134. The number of benzene rings is 8. The topological polar surface area (TPSA) is 4.93 Å². The average molecular weight is 866 g/mol. The molecule has 7 aliphatic carbocycles. The molecule has 0 bridgehead atoms. The Morgan fingerprint density at radius 2 is 1.19 bits per heavy atom. The van der Waals surface area contributed by atoms with Crippen LogP contribution in [0.4, 0.5) is 0 Å². The Labute approximate surface area is 396 Å². The van der Waals surface area contributed by atoms with E-state index in [1.165, 1.54) is 129 Å². The first-order chi connectivity index (χ1) is 33.7. The molecule has 9 aromatic rings. The Balaban J connectivity index is 0.942. The van der Waals surface area contributed by atoms with Gasteiger partial charge in [0.05, 0.1) is 10.8 Å². The summed E-state index contributed by atoms with van der Waals surface area (Å²) in [4.78, 5) is 0. The van der Waals surface area contributed by atoms with Crippen molar-refractivity contribution in [2.45, 2.75) is 37.0 Å². The van der Waals surface area contributed by atoms with Gasteiger partial charge in [-0.1, -0.05) is 176 Å². The molecule has 16 rings (SSSR count). The molecule has 0 amide bonds. The lowest BCUT2D eigenvalue weighted by Gasteiger charge is -2.41. The molecular formula is C67H47N. The van der Waals surface area contributed by atoms with E-state index in [9.17, 15) is 0 Å². The molecule has 0 aliphatic heterocycles. The van der Waals surface area contributed by atoms with Gasteiger partial charge in [0.2, 0.25) is 0 Å². The standard InChI is InChI=1S/C67H47N/c1-4-14-40(15-5-1)63-50-18-10-11-19-51(50)64(41-16-6-2-7-17-41)57-35-42(25-30-52(57)63)43-24-29-49-48-31-28-47(68-61-23-9-3-8-21-54(61)66-56-37-45(56)27-33-62(66)68)34-46(48)39-67(60(49)38-43)58-22-13-12-20-53(58)65-55-36-44(55)26-32-59(65)67/h1-7,9-35,38,44-45,55-56H,8,36-37,39H2. The average Bonchev–Trinajstić information content (AvgIpc) is 4.33. The fourth-order valence-electron chi connectivity index (χ4n) is 14.0. The third kappa shape index (κ3) is 5.06. The molecule has 2 saturated carbocycles. The number of allylic oxidation sites excluding steroid dienone is 7. The third-order valence-corrected chi connectivity index (χ3v) is 17.1. The monoisotopic (exact) mass is 865 g/mol. The second kappa shape index (κ2) is 13.7. The van der Waals surface area contributed by atoms with Crippen LogP contribution < -0.4 is 10.6 Å². The Morgan fingerprint density at radius 1 is 0.515 bits per heavy atom. The first-order valence-electron chi connectivity index (χ1n) is 24.9. The summed E-state index contributed by atoms with van der Waals surface area (Å²) >= 11 is 0. The summed E-state index contributed by atoms with van der Waals surface area (Å²) in [5.41, 5.74) is 23.2. The SMILES string of the molecule is C1=CCC=c2c3c(n(-c4ccc5c(c4)CC4(C6=C(c7ccccc74)C4CC4C=C6)c4cc(-c6ccc7c(-c8ccccc8)c8ccccc8c(-c8ccccc8)c7c6)ccc4-5)c2=C1)C=CC1CC31. The normalized spacial score (nSPS) is 22.5. The molecule has 1 heterocycles. The summed E-state index contributed by atoms with van der Waals surface area (Å²) in [6.45, 7) is 0. The molecular weight excluding hydrogens is 819 g/mol. The number of rotatable bonds is 4. The van der Waals surface area contributed by atoms with E-state index < -0.39 is 0 Å². The zero-order chi connectivity index (χ0) is 44.2. The number of hydrogen-bond donors (Lipinski definition) is 0. The van der Waals surface area contributed by atoms with Gasteiger partial charge in [-0.25, -0.2) is 0 Å². The highest BCUT2D eigenvalue weighted by Crippen LogP contribution is 2.65. The molecule has 0 N–H and O–H groups in total. The van der Waals surface area contributed by atoms with Crippen molar-refractivity contribution in [1.29, 1.82) is 0 Å². The van der Waals surface area contributed by atoms with Gasteiger partial charge in [0.25, 0.3) is 0 Å². The lowest BCUT2D eigenvalue weighted by Crippen LogP contribution is -2.34. The Morgan fingerprint density at radius 3 is 2.03 bits per heavy atom. The van der Waals surface area contributed by atoms with Gasteiger partial charge in [-0.15, -0.1) is 0 Å². The molecule has 0 saturated heterocycles. The molecule has 1 aromatic heterocycles. The molecule has 320 valence electrons. The summed E-state index contributed by atoms with van der Waals surface area (Å²) in [5, 5.41) is 7.91. The minimum Gasteiger partial charge on any atom is -0.310 e. The van der Waals surface area contributed by atoms with Crippen molar-refractivity contribution >= 4 is 45.3 Å². The van der Waals surface area contributed by atoms with Crippen molar-refractivity contribution in [2.24, 2.45) is 17.8 Å². The molecule has 8 aromatic carbocycles. The van der Waals surface area contributed by atoms with Crippen molar-refractivity contribution in [3.8, 4) is 50.2 Å². The van der Waals surface area contributed by atoms with Crippen LogP contribution >= 0.6 is 0 Å². The summed E-state index contributed by atoms with van der Waals surface area (Å²) in [6, 6.07) is 62.7.